The Bertz CT molecular complexity index is 735. The van der Waals surface area contributed by atoms with Crippen LogP contribution in [0.15, 0.2) is 18.2 Å². The minimum absolute atomic E-state index is 0.0476. The van der Waals surface area contributed by atoms with E-state index in [0.717, 1.165) is 0 Å². The number of hydrogen-bond acceptors (Lipinski definition) is 7. The summed E-state index contributed by atoms with van der Waals surface area (Å²) in [6.07, 6.45) is -0.0476. The van der Waals surface area contributed by atoms with Gasteiger partial charge in [-0.1, -0.05) is 34.8 Å². The zero-order valence-corrected chi connectivity index (χ0v) is 13.0. The van der Waals surface area contributed by atoms with Crippen LogP contribution < -0.4 is 5.73 Å². The van der Waals surface area contributed by atoms with Crippen LogP contribution in [0.3, 0.4) is 0 Å². The van der Waals surface area contributed by atoms with Gasteiger partial charge < -0.3 is 10.8 Å². The molecule has 1 aromatic carbocycles. The third-order valence-electron chi connectivity index (χ3n) is 2.58. The SMILES string of the molecule is Nc1nc(Cc2cc([N+](=O)[O-])ccc2O)nc(C(Cl)(Cl)Cl)n1. The van der Waals surface area contributed by atoms with Crippen molar-refractivity contribution in [2.75, 3.05) is 5.73 Å². The molecule has 2 rings (SSSR count). The van der Waals surface area contributed by atoms with Crippen molar-refractivity contribution in [2.24, 2.45) is 0 Å². The van der Waals surface area contributed by atoms with E-state index in [1.807, 2.05) is 0 Å². The Morgan fingerprint density at radius 2 is 1.95 bits per heavy atom. The van der Waals surface area contributed by atoms with Gasteiger partial charge in [-0.2, -0.15) is 9.97 Å². The number of phenols is 1. The predicted octanol–water partition coefficient (Wildman–Crippen LogP) is 2.49. The first-order valence-corrected chi connectivity index (χ1v) is 6.84. The van der Waals surface area contributed by atoms with Crippen LogP contribution in [0.5, 0.6) is 5.75 Å². The van der Waals surface area contributed by atoms with Gasteiger partial charge in [-0.25, -0.2) is 4.98 Å². The molecule has 2 aromatic rings. The summed E-state index contributed by atoms with van der Waals surface area (Å²) < 4.78 is -1.89. The molecule has 0 saturated carbocycles. The van der Waals surface area contributed by atoms with E-state index in [1.54, 1.807) is 0 Å². The third kappa shape index (κ3) is 3.85. The number of aromatic nitrogens is 3. The van der Waals surface area contributed by atoms with Gasteiger partial charge in [-0.15, -0.1) is 0 Å². The van der Waals surface area contributed by atoms with Crippen LogP contribution in [0.4, 0.5) is 11.6 Å². The number of phenolic OH excluding ortho intramolecular Hbond substituents is 1. The monoisotopic (exact) mass is 363 g/mol. The average Bonchev–Trinajstić information content (AvgIpc) is 2.39. The van der Waals surface area contributed by atoms with Gasteiger partial charge in [0.05, 0.1) is 4.92 Å². The van der Waals surface area contributed by atoms with E-state index in [-0.39, 0.29) is 41.0 Å². The highest BCUT2D eigenvalue weighted by molar-refractivity contribution is 6.66. The zero-order valence-electron chi connectivity index (χ0n) is 10.7. The lowest BCUT2D eigenvalue weighted by atomic mass is 10.1. The number of aromatic hydroxyl groups is 1. The maximum absolute atomic E-state index is 10.8. The van der Waals surface area contributed by atoms with E-state index < -0.39 is 8.72 Å². The number of alkyl halides is 3. The summed E-state index contributed by atoms with van der Waals surface area (Å²) >= 11 is 17.1. The van der Waals surface area contributed by atoms with Crippen LogP contribution in [-0.4, -0.2) is 25.0 Å². The van der Waals surface area contributed by atoms with Gasteiger partial charge in [-0.3, -0.25) is 10.1 Å². The van der Waals surface area contributed by atoms with Gasteiger partial charge in [0, 0.05) is 24.1 Å². The van der Waals surface area contributed by atoms with Gasteiger partial charge in [0.15, 0.2) is 5.82 Å². The number of nitro benzene ring substituents is 1. The normalized spacial score (nSPS) is 11.4. The fourth-order valence-corrected chi connectivity index (χ4v) is 1.89. The second-order valence-electron chi connectivity index (χ2n) is 4.18. The number of anilines is 1. The molecule has 0 amide bonds. The molecule has 0 fully saturated rings. The van der Waals surface area contributed by atoms with Crippen molar-refractivity contribution in [1.29, 1.82) is 0 Å². The summed E-state index contributed by atoms with van der Waals surface area (Å²) in [4.78, 5) is 21.7. The molecule has 0 radical (unpaired) electrons. The minimum Gasteiger partial charge on any atom is -0.508 e. The fraction of sp³-hybridized carbons (Fsp3) is 0.182. The number of nitrogens with two attached hydrogens (primary N) is 1. The van der Waals surface area contributed by atoms with Gasteiger partial charge in [0.2, 0.25) is 9.74 Å². The van der Waals surface area contributed by atoms with Crippen LogP contribution in [-0.2, 0) is 10.2 Å². The molecule has 1 aromatic heterocycles. The van der Waals surface area contributed by atoms with Gasteiger partial charge in [-0.05, 0) is 6.07 Å². The molecule has 0 aliphatic heterocycles. The standard InChI is InChI=1S/C11H8Cl3N5O3/c12-11(13,14)9-16-8(17-10(15)18-9)4-5-3-6(19(21)22)1-2-7(5)20/h1-3,20H,4H2,(H2,15,16,17,18). The average molecular weight is 365 g/mol. The number of nitrogens with zero attached hydrogens (tertiary/aromatic N) is 4. The van der Waals surface area contributed by atoms with E-state index in [9.17, 15) is 15.2 Å². The highest BCUT2D eigenvalue weighted by Crippen LogP contribution is 2.36. The molecule has 116 valence electrons. The number of halogens is 3. The quantitative estimate of drug-likeness (QED) is 0.486. The maximum atomic E-state index is 10.8. The van der Waals surface area contributed by atoms with Crippen LogP contribution in [0.2, 0.25) is 0 Å². The predicted molar refractivity (Wildman–Crippen MR) is 81.0 cm³/mol. The van der Waals surface area contributed by atoms with E-state index >= 15 is 0 Å². The first-order valence-electron chi connectivity index (χ1n) is 5.70. The van der Waals surface area contributed by atoms with Crippen LogP contribution in [0, 0.1) is 10.1 Å². The molecule has 3 N–H and O–H groups in total. The summed E-state index contributed by atoms with van der Waals surface area (Å²) in [5, 5.41) is 20.5. The third-order valence-corrected chi connectivity index (χ3v) is 3.08. The lowest BCUT2D eigenvalue weighted by Gasteiger charge is -2.11. The topological polar surface area (TPSA) is 128 Å². The second-order valence-corrected chi connectivity index (χ2v) is 6.46. The number of nitrogen functional groups attached to an aromatic ring is 1. The maximum Gasteiger partial charge on any atom is 0.269 e. The van der Waals surface area contributed by atoms with Crippen molar-refractivity contribution < 1.29 is 10.0 Å². The number of rotatable bonds is 3. The summed E-state index contributed by atoms with van der Waals surface area (Å²) in [5.74, 6) is -0.397. The Morgan fingerprint density at radius 3 is 2.55 bits per heavy atom. The Hall–Kier alpha value is -1.90. The molecule has 0 aliphatic rings. The van der Waals surface area contributed by atoms with Crippen LogP contribution in [0.25, 0.3) is 0 Å². The summed E-state index contributed by atoms with van der Waals surface area (Å²) in [7, 11) is 0. The van der Waals surface area contributed by atoms with Gasteiger partial charge in [0.25, 0.3) is 5.69 Å². The molecule has 11 heteroatoms. The van der Waals surface area contributed by atoms with Crippen molar-refractivity contribution in [3.8, 4) is 5.75 Å². The Kier molecular flexibility index (Phi) is 4.55. The first kappa shape index (κ1) is 16.5. The number of benzene rings is 1. The molecule has 0 aliphatic carbocycles. The van der Waals surface area contributed by atoms with Crippen LogP contribution in [0.1, 0.15) is 17.2 Å². The van der Waals surface area contributed by atoms with Crippen molar-refractivity contribution in [3.63, 3.8) is 0 Å². The molecular weight excluding hydrogens is 357 g/mol. The molecule has 0 spiro atoms. The second kappa shape index (κ2) is 6.07. The number of nitro groups is 1. The molecular formula is C11H8Cl3N5O3. The van der Waals surface area contributed by atoms with E-state index in [1.165, 1.54) is 18.2 Å². The fourth-order valence-electron chi connectivity index (χ4n) is 1.64. The highest BCUT2D eigenvalue weighted by Gasteiger charge is 2.28. The highest BCUT2D eigenvalue weighted by atomic mass is 35.6. The Morgan fingerprint density at radius 1 is 1.27 bits per heavy atom. The molecule has 0 saturated heterocycles. The van der Waals surface area contributed by atoms with Crippen molar-refractivity contribution in [1.82, 2.24) is 15.0 Å². The smallest absolute Gasteiger partial charge is 0.269 e. The Balaban J connectivity index is 2.41. The van der Waals surface area contributed by atoms with E-state index in [0.29, 0.717) is 0 Å². The van der Waals surface area contributed by atoms with Crippen LogP contribution >= 0.6 is 34.8 Å². The minimum atomic E-state index is -1.89. The molecule has 0 unspecified atom stereocenters. The van der Waals surface area contributed by atoms with Crippen molar-refractivity contribution in [3.05, 3.63) is 45.5 Å². The zero-order chi connectivity index (χ0) is 16.5. The largest absolute Gasteiger partial charge is 0.508 e. The molecule has 0 atom stereocenters. The molecule has 8 nitrogen and oxygen atoms in total. The lowest BCUT2D eigenvalue weighted by molar-refractivity contribution is -0.384. The summed E-state index contributed by atoms with van der Waals surface area (Å²) in [6.45, 7) is 0. The van der Waals surface area contributed by atoms with Gasteiger partial charge in [0.1, 0.15) is 11.6 Å². The number of hydrogen-bond donors (Lipinski definition) is 2. The molecule has 0 bridgehead atoms. The van der Waals surface area contributed by atoms with E-state index in [4.69, 9.17) is 40.5 Å². The van der Waals surface area contributed by atoms with Gasteiger partial charge >= 0.3 is 0 Å². The lowest BCUT2D eigenvalue weighted by Crippen LogP contribution is -2.14. The molecule has 1 heterocycles. The van der Waals surface area contributed by atoms with Crippen molar-refractivity contribution >= 4 is 46.4 Å². The van der Waals surface area contributed by atoms with Crippen molar-refractivity contribution in [2.45, 2.75) is 10.2 Å². The van der Waals surface area contributed by atoms with E-state index in [2.05, 4.69) is 15.0 Å². The summed E-state index contributed by atoms with van der Waals surface area (Å²) in [6, 6.07) is 3.57. The first-order chi connectivity index (χ1) is 10.2. The Labute approximate surface area is 139 Å². The molecule has 22 heavy (non-hydrogen) atoms. The number of non-ortho nitro benzene ring substituents is 1. The summed E-state index contributed by atoms with van der Waals surface area (Å²) in [5.41, 5.74) is 5.56.